The highest BCUT2D eigenvalue weighted by molar-refractivity contribution is 7.90. The fourth-order valence-corrected chi connectivity index (χ4v) is 2.70. The molecule has 1 aromatic heterocycles. The molecule has 0 unspecified atom stereocenters. The fourth-order valence-electron chi connectivity index (χ4n) is 2.07. The summed E-state index contributed by atoms with van der Waals surface area (Å²) in [6.45, 7) is 1.11. The molecule has 0 aliphatic rings. The van der Waals surface area contributed by atoms with Crippen LogP contribution in [0.15, 0.2) is 41.6 Å². The van der Waals surface area contributed by atoms with Crippen molar-refractivity contribution in [1.29, 1.82) is 5.26 Å². The Labute approximate surface area is 141 Å². The van der Waals surface area contributed by atoms with Crippen LogP contribution in [0.1, 0.15) is 12.1 Å². The number of hydrogen-bond acceptors (Lipinski definition) is 7. The lowest BCUT2D eigenvalue weighted by atomic mass is 10.3. The first-order chi connectivity index (χ1) is 11.4. The van der Waals surface area contributed by atoms with E-state index in [1.165, 1.54) is 24.6 Å². The Morgan fingerprint density at radius 1 is 1.21 bits per heavy atom. The van der Waals surface area contributed by atoms with Gasteiger partial charge in [0.25, 0.3) is 0 Å². The molecular formula is C16H18N4O3S. The molecule has 0 fully saturated rings. The molecule has 7 nitrogen and oxygen atoms in total. The number of ether oxygens (including phenoxy) is 1. The molecule has 8 heteroatoms. The molecule has 0 spiro atoms. The van der Waals surface area contributed by atoms with E-state index >= 15 is 0 Å². The average molecular weight is 346 g/mol. The van der Waals surface area contributed by atoms with Crippen molar-refractivity contribution in [2.45, 2.75) is 11.3 Å². The van der Waals surface area contributed by atoms with E-state index < -0.39 is 9.84 Å². The van der Waals surface area contributed by atoms with Crippen LogP contribution in [0, 0.1) is 11.3 Å². The molecule has 0 bridgehead atoms. The maximum Gasteiger partial charge on any atom is 0.183 e. The Kier molecular flexibility index (Phi) is 5.71. The lowest BCUT2D eigenvalue weighted by Gasteiger charge is -2.18. The minimum absolute atomic E-state index is 0.265. The van der Waals surface area contributed by atoms with Crippen molar-refractivity contribution in [3.63, 3.8) is 0 Å². The van der Waals surface area contributed by atoms with Gasteiger partial charge in [0.15, 0.2) is 21.3 Å². The maximum absolute atomic E-state index is 11.4. The summed E-state index contributed by atoms with van der Waals surface area (Å²) in [6, 6.07) is 8.33. The van der Waals surface area contributed by atoms with Crippen LogP contribution < -0.4 is 9.64 Å². The SMILES string of the molecule is CN(CCCOc1ccc(S(C)(=O)=O)cc1)c1nccnc1C#N. The summed E-state index contributed by atoms with van der Waals surface area (Å²) in [4.78, 5) is 10.3. The lowest BCUT2D eigenvalue weighted by molar-refractivity contribution is 0.312. The summed E-state index contributed by atoms with van der Waals surface area (Å²) < 4.78 is 28.4. The summed E-state index contributed by atoms with van der Waals surface area (Å²) >= 11 is 0. The molecule has 2 rings (SSSR count). The molecule has 126 valence electrons. The number of sulfone groups is 1. The van der Waals surface area contributed by atoms with E-state index in [-0.39, 0.29) is 10.6 Å². The molecule has 0 saturated heterocycles. The van der Waals surface area contributed by atoms with Crippen LogP contribution >= 0.6 is 0 Å². The molecule has 0 aliphatic heterocycles. The van der Waals surface area contributed by atoms with E-state index in [0.29, 0.717) is 31.1 Å². The number of benzene rings is 1. The molecular weight excluding hydrogens is 328 g/mol. The third-order valence-electron chi connectivity index (χ3n) is 3.30. The van der Waals surface area contributed by atoms with Gasteiger partial charge in [0, 0.05) is 32.2 Å². The Morgan fingerprint density at radius 3 is 2.50 bits per heavy atom. The van der Waals surface area contributed by atoms with Gasteiger partial charge in [-0.2, -0.15) is 5.26 Å². The Hall–Kier alpha value is -2.66. The fraction of sp³-hybridized carbons (Fsp3) is 0.312. The maximum atomic E-state index is 11.4. The van der Waals surface area contributed by atoms with E-state index in [9.17, 15) is 8.42 Å². The first-order valence-electron chi connectivity index (χ1n) is 7.27. The molecule has 1 heterocycles. The summed E-state index contributed by atoms with van der Waals surface area (Å²) in [7, 11) is -1.36. The van der Waals surface area contributed by atoms with Gasteiger partial charge in [0.2, 0.25) is 0 Å². The zero-order valence-corrected chi connectivity index (χ0v) is 14.3. The van der Waals surface area contributed by atoms with Gasteiger partial charge < -0.3 is 9.64 Å². The monoisotopic (exact) mass is 346 g/mol. The zero-order valence-electron chi connectivity index (χ0n) is 13.5. The number of aromatic nitrogens is 2. The van der Waals surface area contributed by atoms with Gasteiger partial charge in [-0.3, -0.25) is 0 Å². The first kappa shape index (κ1) is 17.7. The van der Waals surface area contributed by atoms with Crippen molar-refractivity contribution < 1.29 is 13.2 Å². The van der Waals surface area contributed by atoms with E-state index in [4.69, 9.17) is 10.00 Å². The van der Waals surface area contributed by atoms with Gasteiger partial charge in [0.05, 0.1) is 11.5 Å². The molecule has 0 amide bonds. The second-order valence-electron chi connectivity index (χ2n) is 5.21. The number of anilines is 1. The summed E-state index contributed by atoms with van der Waals surface area (Å²) in [6.07, 6.45) is 4.91. The number of hydrogen-bond donors (Lipinski definition) is 0. The molecule has 0 radical (unpaired) electrons. The van der Waals surface area contributed by atoms with Crippen LogP contribution in [-0.2, 0) is 9.84 Å². The van der Waals surface area contributed by atoms with Gasteiger partial charge in [-0.25, -0.2) is 18.4 Å². The van der Waals surface area contributed by atoms with Crippen molar-refractivity contribution in [1.82, 2.24) is 9.97 Å². The molecule has 0 N–H and O–H groups in total. The summed E-state index contributed by atoms with van der Waals surface area (Å²) in [5.41, 5.74) is 0.289. The van der Waals surface area contributed by atoms with Crippen LogP contribution in [0.25, 0.3) is 0 Å². The average Bonchev–Trinajstić information content (AvgIpc) is 2.58. The van der Waals surface area contributed by atoms with Gasteiger partial charge in [-0.1, -0.05) is 0 Å². The molecule has 0 atom stereocenters. The van der Waals surface area contributed by atoms with Crippen molar-refractivity contribution in [3.8, 4) is 11.8 Å². The normalized spacial score (nSPS) is 10.9. The smallest absolute Gasteiger partial charge is 0.183 e. The van der Waals surface area contributed by atoms with Crippen LogP contribution in [0.4, 0.5) is 5.82 Å². The van der Waals surface area contributed by atoms with Crippen LogP contribution in [0.2, 0.25) is 0 Å². The predicted molar refractivity (Wildman–Crippen MR) is 89.7 cm³/mol. The Balaban J connectivity index is 1.84. The van der Waals surface area contributed by atoms with Crippen LogP contribution in [-0.4, -0.2) is 44.8 Å². The van der Waals surface area contributed by atoms with Crippen molar-refractivity contribution in [2.75, 3.05) is 31.4 Å². The second-order valence-corrected chi connectivity index (χ2v) is 7.22. The van der Waals surface area contributed by atoms with Crippen molar-refractivity contribution >= 4 is 15.7 Å². The third-order valence-corrected chi connectivity index (χ3v) is 4.43. The third kappa shape index (κ3) is 4.67. The van der Waals surface area contributed by atoms with Crippen LogP contribution in [0.5, 0.6) is 5.75 Å². The number of rotatable bonds is 7. The summed E-state index contributed by atoms with van der Waals surface area (Å²) in [5, 5.41) is 9.02. The van der Waals surface area contributed by atoms with Crippen molar-refractivity contribution in [2.24, 2.45) is 0 Å². The van der Waals surface area contributed by atoms with Gasteiger partial charge in [-0.15, -0.1) is 0 Å². The highest BCUT2D eigenvalue weighted by Gasteiger charge is 2.09. The van der Waals surface area contributed by atoms with E-state index in [1.807, 2.05) is 18.0 Å². The minimum atomic E-state index is -3.19. The van der Waals surface area contributed by atoms with E-state index in [2.05, 4.69) is 9.97 Å². The highest BCUT2D eigenvalue weighted by atomic mass is 32.2. The zero-order chi connectivity index (χ0) is 17.6. The molecule has 1 aromatic carbocycles. The second kappa shape index (κ2) is 7.75. The van der Waals surface area contributed by atoms with Crippen LogP contribution in [0.3, 0.4) is 0 Å². The Morgan fingerprint density at radius 2 is 1.88 bits per heavy atom. The summed E-state index contributed by atoms with van der Waals surface area (Å²) in [5.74, 6) is 1.15. The molecule has 0 aliphatic carbocycles. The predicted octanol–water partition coefficient (Wildman–Crippen LogP) is 1.66. The Bertz CT molecular complexity index is 829. The number of nitriles is 1. The standard InChI is InChI=1S/C16H18N4O3S/c1-20(16-15(12-17)18-8-9-19-16)10-3-11-23-13-4-6-14(7-5-13)24(2,21)22/h4-9H,3,10-11H2,1-2H3. The van der Waals surface area contributed by atoms with Gasteiger partial charge >= 0.3 is 0 Å². The molecule has 24 heavy (non-hydrogen) atoms. The number of nitrogens with zero attached hydrogens (tertiary/aromatic N) is 4. The topological polar surface area (TPSA) is 96.2 Å². The lowest BCUT2D eigenvalue weighted by Crippen LogP contribution is -2.22. The van der Waals surface area contributed by atoms with Gasteiger partial charge in [-0.05, 0) is 30.7 Å². The first-order valence-corrected chi connectivity index (χ1v) is 9.16. The highest BCUT2D eigenvalue weighted by Crippen LogP contribution is 2.16. The largest absolute Gasteiger partial charge is 0.494 e. The van der Waals surface area contributed by atoms with Gasteiger partial charge in [0.1, 0.15) is 11.8 Å². The molecule has 2 aromatic rings. The minimum Gasteiger partial charge on any atom is -0.494 e. The van der Waals surface area contributed by atoms with E-state index in [1.54, 1.807) is 18.3 Å². The van der Waals surface area contributed by atoms with E-state index in [0.717, 1.165) is 0 Å². The van der Waals surface area contributed by atoms with Crippen molar-refractivity contribution in [3.05, 3.63) is 42.4 Å². The quantitative estimate of drug-likeness (QED) is 0.703. The molecule has 0 saturated carbocycles.